The molecule has 0 unspecified atom stereocenters. The number of benzene rings is 2. The fraction of sp³-hybridized carbons (Fsp3) is 0.419. The number of hydrogen-bond donors (Lipinski definition) is 0. The number of hydrogen-bond acceptors (Lipinski definition) is 0. The molecule has 0 aliphatic heterocycles. The molecule has 0 spiro atoms. The molecule has 0 atom stereocenters. The van der Waals surface area contributed by atoms with Gasteiger partial charge in [0.15, 0.2) is 11.4 Å². The number of nitrogens with zero attached hydrogens (tertiary/aromatic N) is 4. The van der Waals surface area contributed by atoms with Crippen molar-refractivity contribution < 1.29 is 9.13 Å². The number of para-hydroxylation sites is 2. The van der Waals surface area contributed by atoms with Gasteiger partial charge in [-0.05, 0) is 23.7 Å². The number of rotatable bonds is 8. The molecule has 0 N–H and O–H groups in total. The maximum absolute atomic E-state index is 6.78. The van der Waals surface area contributed by atoms with Crippen molar-refractivity contribution >= 4 is 27.1 Å². The highest BCUT2D eigenvalue weighted by Crippen LogP contribution is 2.31. The lowest BCUT2D eigenvalue weighted by atomic mass is 9.92. The Balaban J connectivity index is 1.77. The molecular formula is C31H40B2N4+2. The molecule has 4 nitrogen and oxygen atoms in total. The fourth-order valence-electron chi connectivity index (χ4n) is 5.24. The van der Waals surface area contributed by atoms with Gasteiger partial charge in [-0.15, -0.1) is 0 Å². The minimum Gasteiger partial charge on any atom is -0.210 e. The second-order valence-electron chi connectivity index (χ2n) is 11.3. The Labute approximate surface area is 225 Å². The highest BCUT2D eigenvalue weighted by molar-refractivity contribution is 6.28. The molecule has 0 saturated heterocycles. The molecule has 4 aromatic rings. The summed E-state index contributed by atoms with van der Waals surface area (Å²) in [6, 6.07) is 13.1. The molecular weight excluding hydrogens is 450 g/mol. The molecule has 0 fully saturated rings. The van der Waals surface area contributed by atoms with Gasteiger partial charge in [-0.1, -0.05) is 91.8 Å². The van der Waals surface area contributed by atoms with E-state index in [-0.39, 0.29) is 0 Å². The maximum atomic E-state index is 6.78. The Bertz CT molecular complexity index is 1230. The average Bonchev–Trinajstić information content (AvgIpc) is 3.39. The molecule has 2 aromatic heterocycles. The quantitative estimate of drug-likeness (QED) is 0.257. The topological polar surface area (TPSA) is 17.6 Å². The van der Waals surface area contributed by atoms with Gasteiger partial charge in [0.1, 0.15) is 36.2 Å². The molecule has 6 heteroatoms. The van der Waals surface area contributed by atoms with Crippen LogP contribution in [-0.2, 0) is 6.67 Å². The standard InChI is InChI=1S/C31H40B2N4/c1-20(2)24-11-9-12-25(21(3)4)28(24)36-17-15-34(30(36)32)19-35-16-18-37(31(35)33)29-26(22(5)6)13-10-14-27(29)23(7)8/h9-18,20-23H,19H2,1-8H3/q+2. The van der Waals surface area contributed by atoms with Gasteiger partial charge in [0.25, 0.3) is 0 Å². The first kappa shape index (κ1) is 27.0. The molecule has 2 heterocycles. The highest BCUT2D eigenvalue weighted by Gasteiger charge is 2.26. The second-order valence-corrected chi connectivity index (χ2v) is 11.3. The minimum atomic E-state index is 0.388. The molecule has 4 rings (SSSR count). The molecule has 4 radical (unpaired) electrons. The Kier molecular flexibility index (Phi) is 7.87. The molecule has 0 aliphatic rings. The van der Waals surface area contributed by atoms with Gasteiger partial charge in [-0.2, -0.15) is 0 Å². The van der Waals surface area contributed by atoms with Crippen molar-refractivity contribution in [2.45, 2.75) is 85.7 Å². The van der Waals surface area contributed by atoms with Crippen molar-refractivity contribution in [1.29, 1.82) is 0 Å². The Morgan fingerprint density at radius 2 is 0.865 bits per heavy atom. The number of aromatic nitrogens is 4. The summed E-state index contributed by atoms with van der Waals surface area (Å²) >= 11 is 0. The van der Waals surface area contributed by atoms with E-state index in [0.717, 1.165) is 0 Å². The van der Waals surface area contributed by atoms with Crippen LogP contribution in [0.5, 0.6) is 0 Å². The average molecular weight is 490 g/mol. The molecule has 0 bridgehead atoms. The van der Waals surface area contributed by atoms with E-state index in [2.05, 4.69) is 122 Å². The Morgan fingerprint density at radius 3 is 1.14 bits per heavy atom. The van der Waals surface area contributed by atoms with Crippen LogP contribution in [0.25, 0.3) is 11.4 Å². The van der Waals surface area contributed by atoms with Crippen LogP contribution < -0.4 is 20.6 Å². The maximum Gasteiger partial charge on any atom is 0.239 e. The van der Waals surface area contributed by atoms with Gasteiger partial charge in [-0.25, -0.2) is 18.3 Å². The zero-order valence-electron chi connectivity index (χ0n) is 23.7. The first-order valence-corrected chi connectivity index (χ1v) is 13.5. The largest absolute Gasteiger partial charge is 0.239 e. The van der Waals surface area contributed by atoms with Gasteiger partial charge >= 0.3 is 0 Å². The first-order chi connectivity index (χ1) is 17.5. The van der Waals surface area contributed by atoms with Gasteiger partial charge in [0, 0.05) is 22.3 Å². The SMILES string of the molecule is [B]c1n(-c2c(C(C)C)cccc2C(C)C)cc[n+]1C[n+]1ccn(-c2c(C(C)C)cccc2C(C)C)c1[B]. The first-order valence-electron chi connectivity index (χ1n) is 13.5. The normalized spacial score (nSPS) is 12.0. The lowest BCUT2D eigenvalue weighted by molar-refractivity contribution is -0.897. The van der Waals surface area contributed by atoms with Gasteiger partial charge in [0.2, 0.25) is 22.4 Å². The molecule has 0 aliphatic carbocycles. The summed E-state index contributed by atoms with van der Waals surface area (Å²) in [4.78, 5) is 0. The lowest BCUT2D eigenvalue weighted by Gasteiger charge is -2.17. The van der Waals surface area contributed by atoms with E-state index in [9.17, 15) is 0 Å². The zero-order valence-corrected chi connectivity index (χ0v) is 23.7. The summed E-state index contributed by atoms with van der Waals surface area (Å²) in [6.07, 6.45) is 8.23. The third-order valence-corrected chi connectivity index (χ3v) is 7.34. The summed E-state index contributed by atoms with van der Waals surface area (Å²) in [6.45, 7) is 18.4. The van der Waals surface area contributed by atoms with Crippen molar-refractivity contribution in [3.8, 4) is 11.4 Å². The van der Waals surface area contributed by atoms with Gasteiger partial charge < -0.3 is 0 Å². The van der Waals surface area contributed by atoms with E-state index in [1.807, 2.05) is 12.4 Å². The molecule has 37 heavy (non-hydrogen) atoms. The van der Waals surface area contributed by atoms with Crippen LogP contribution in [-0.4, -0.2) is 24.8 Å². The summed E-state index contributed by atoms with van der Waals surface area (Å²) in [5.41, 5.74) is 8.92. The van der Waals surface area contributed by atoms with Crippen molar-refractivity contribution in [3.63, 3.8) is 0 Å². The van der Waals surface area contributed by atoms with Crippen LogP contribution in [0.4, 0.5) is 0 Å². The lowest BCUT2D eigenvalue weighted by Crippen LogP contribution is -2.64. The smallest absolute Gasteiger partial charge is 0.210 e. The Hall–Kier alpha value is -3.01. The van der Waals surface area contributed by atoms with E-state index >= 15 is 0 Å². The predicted molar refractivity (Wildman–Crippen MR) is 154 cm³/mol. The van der Waals surface area contributed by atoms with Crippen molar-refractivity contribution in [1.82, 2.24) is 9.13 Å². The molecule has 0 amide bonds. The van der Waals surface area contributed by atoms with Gasteiger partial charge in [-0.3, -0.25) is 0 Å². The van der Waals surface area contributed by atoms with Crippen molar-refractivity contribution in [2.75, 3.05) is 0 Å². The third kappa shape index (κ3) is 5.08. The second kappa shape index (κ2) is 10.8. The van der Waals surface area contributed by atoms with Crippen molar-refractivity contribution in [2.24, 2.45) is 0 Å². The summed E-state index contributed by atoms with van der Waals surface area (Å²) < 4.78 is 8.37. The summed E-state index contributed by atoms with van der Waals surface area (Å²) in [5, 5.41) is 0. The fourth-order valence-corrected chi connectivity index (χ4v) is 5.24. The molecule has 0 saturated carbocycles. The predicted octanol–water partition coefficient (Wildman–Crippen LogP) is 4.43. The van der Waals surface area contributed by atoms with Crippen LogP contribution in [0.15, 0.2) is 61.2 Å². The monoisotopic (exact) mass is 490 g/mol. The van der Waals surface area contributed by atoms with Crippen LogP contribution in [0, 0.1) is 0 Å². The van der Waals surface area contributed by atoms with E-state index in [4.69, 9.17) is 15.7 Å². The summed E-state index contributed by atoms with van der Waals surface area (Å²) in [5.74, 6) is 1.55. The Morgan fingerprint density at radius 1 is 0.568 bits per heavy atom. The highest BCUT2D eigenvalue weighted by atomic mass is 15.3. The van der Waals surface area contributed by atoms with Crippen molar-refractivity contribution in [3.05, 3.63) is 83.4 Å². The third-order valence-electron chi connectivity index (χ3n) is 7.34. The minimum absolute atomic E-state index is 0.388. The zero-order chi connectivity index (χ0) is 27.0. The van der Waals surface area contributed by atoms with Crippen LogP contribution in [0.1, 0.15) is 101 Å². The van der Waals surface area contributed by atoms with E-state index in [1.54, 1.807) is 0 Å². The van der Waals surface area contributed by atoms with Gasteiger partial charge in [0.05, 0.1) is 0 Å². The van der Waals surface area contributed by atoms with Crippen LogP contribution in [0.2, 0.25) is 0 Å². The van der Waals surface area contributed by atoms with E-state index in [1.165, 1.54) is 33.6 Å². The summed E-state index contributed by atoms with van der Waals surface area (Å²) in [7, 11) is 13.6. The van der Waals surface area contributed by atoms with Crippen LogP contribution >= 0.6 is 0 Å². The van der Waals surface area contributed by atoms with Crippen LogP contribution in [0.3, 0.4) is 0 Å². The van der Waals surface area contributed by atoms with E-state index in [0.29, 0.717) is 41.8 Å². The van der Waals surface area contributed by atoms with E-state index < -0.39 is 0 Å². The number of imidazole rings is 2. The molecule has 2 aromatic carbocycles. The molecule has 188 valence electrons.